The molecule has 2 amide bonds. The zero-order chi connectivity index (χ0) is 42.7. The van der Waals surface area contributed by atoms with Crippen molar-refractivity contribution < 1.29 is 19.1 Å². The number of nitrogens with one attached hydrogen (secondary N) is 1. The first-order valence-corrected chi connectivity index (χ1v) is 25.7. The second-order valence-corrected chi connectivity index (χ2v) is 18.3. The summed E-state index contributed by atoms with van der Waals surface area (Å²) in [5.41, 5.74) is -0.816. The number of hydrogen-bond acceptors (Lipinski definition) is 5. The molecule has 0 aromatic heterocycles. The van der Waals surface area contributed by atoms with E-state index in [0.29, 0.717) is 25.6 Å². The van der Waals surface area contributed by atoms with Crippen LogP contribution in [0.25, 0.3) is 0 Å². The Morgan fingerprint density at radius 3 is 1.59 bits per heavy atom. The van der Waals surface area contributed by atoms with Gasteiger partial charge in [-0.2, -0.15) is 0 Å². The number of piperidine rings is 1. The summed E-state index contributed by atoms with van der Waals surface area (Å²) in [6.45, 7) is 11.7. The van der Waals surface area contributed by atoms with Crippen LogP contribution in [0.3, 0.4) is 0 Å². The Morgan fingerprint density at radius 2 is 1.12 bits per heavy atom. The number of unbranched alkanes of at least 4 members (excludes halogenated alkanes) is 22. The third kappa shape index (κ3) is 23.6. The second kappa shape index (κ2) is 35.4. The number of carbonyl (C=O) groups is 3. The Labute approximate surface area is 365 Å². The molecule has 2 saturated heterocycles. The highest BCUT2D eigenvalue weighted by atomic mass is 16.5. The number of likely N-dealkylation sites (tertiary alicyclic amines) is 1. The maximum atomic E-state index is 14.5. The topological polar surface area (TPSA) is 78.9 Å². The number of piperazine rings is 1. The minimum atomic E-state index is -0.816. The Bertz CT molecular complexity index is 1080. The van der Waals surface area contributed by atoms with Crippen LogP contribution >= 0.6 is 0 Å². The van der Waals surface area contributed by atoms with Gasteiger partial charge in [0, 0.05) is 25.6 Å². The highest BCUT2D eigenvalue weighted by Crippen LogP contribution is 2.35. The molecule has 2 fully saturated rings. The normalized spacial score (nSPS) is 18.7. The fraction of sp³-hybridized carbons (Fsp3) is 0.865. The maximum absolute atomic E-state index is 14.5. The van der Waals surface area contributed by atoms with Crippen LogP contribution in [0, 0.1) is 0 Å². The smallest absolute Gasteiger partial charge is 0.305 e. The molecule has 0 aromatic rings. The predicted octanol–water partition coefficient (Wildman–Crippen LogP) is 13.7. The van der Waals surface area contributed by atoms with Crippen molar-refractivity contribution in [3.05, 3.63) is 24.3 Å². The number of esters is 1. The molecule has 7 heteroatoms. The van der Waals surface area contributed by atoms with E-state index in [9.17, 15) is 14.4 Å². The van der Waals surface area contributed by atoms with E-state index in [4.69, 9.17) is 4.74 Å². The summed E-state index contributed by atoms with van der Waals surface area (Å²) < 4.78 is 5.19. The molecule has 0 bridgehead atoms. The van der Waals surface area contributed by atoms with Crippen LogP contribution in [0.5, 0.6) is 0 Å². The Balaban J connectivity index is 1.98. The lowest BCUT2D eigenvalue weighted by atomic mass is 9.80. The third-order valence-electron chi connectivity index (χ3n) is 13.2. The summed E-state index contributed by atoms with van der Waals surface area (Å²) in [6, 6.07) is -0.102. The van der Waals surface area contributed by atoms with Crippen LogP contribution in [-0.4, -0.2) is 71.4 Å². The van der Waals surface area contributed by atoms with Crippen LogP contribution in [0.4, 0.5) is 0 Å². The zero-order valence-electron chi connectivity index (χ0n) is 39.4. The van der Waals surface area contributed by atoms with Gasteiger partial charge in [-0.3, -0.25) is 14.4 Å². The fourth-order valence-corrected chi connectivity index (χ4v) is 9.41. The quantitative estimate of drug-likeness (QED) is 0.0381. The Kier molecular flexibility index (Phi) is 31.8. The van der Waals surface area contributed by atoms with Gasteiger partial charge in [0.15, 0.2) is 0 Å². The van der Waals surface area contributed by atoms with Gasteiger partial charge in [-0.15, -0.1) is 0 Å². The Hall–Kier alpha value is -2.15. The van der Waals surface area contributed by atoms with Crippen molar-refractivity contribution in [3.8, 4) is 0 Å². The molecule has 2 heterocycles. The van der Waals surface area contributed by atoms with Crippen LogP contribution in [0.15, 0.2) is 24.3 Å². The van der Waals surface area contributed by atoms with E-state index in [0.717, 1.165) is 70.9 Å². The van der Waals surface area contributed by atoms with Crippen molar-refractivity contribution in [2.45, 2.75) is 264 Å². The molecular weight excluding hydrogens is 731 g/mol. The van der Waals surface area contributed by atoms with E-state index in [1.807, 2.05) is 4.90 Å². The third-order valence-corrected chi connectivity index (χ3v) is 13.2. The molecule has 2 aliphatic heterocycles. The van der Waals surface area contributed by atoms with Crippen LogP contribution < -0.4 is 5.32 Å². The summed E-state index contributed by atoms with van der Waals surface area (Å²) in [4.78, 5) is 45.9. The Morgan fingerprint density at radius 1 is 0.644 bits per heavy atom. The molecule has 0 aromatic carbocycles. The van der Waals surface area contributed by atoms with Crippen LogP contribution in [0.1, 0.15) is 246 Å². The van der Waals surface area contributed by atoms with E-state index in [-0.39, 0.29) is 24.2 Å². The number of nitrogens with zero attached hydrogens (tertiary/aromatic N) is 2. The molecule has 2 unspecified atom stereocenters. The first kappa shape index (κ1) is 53.0. The minimum Gasteiger partial charge on any atom is -0.466 e. The number of amides is 2. The number of hydrogen-bond donors (Lipinski definition) is 1. The molecule has 2 aliphatic rings. The lowest BCUT2D eigenvalue weighted by Crippen LogP contribution is -2.70. The van der Waals surface area contributed by atoms with Gasteiger partial charge in [-0.05, 0) is 110 Å². The average molecular weight is 826 g/mol. The lowest BCUT2D eigenvalue weighted by molar-refractivity contribution is -0.160. The van der Waals surface area contributed by atoms with Crippen molar-refractivity contribution in [1.29, 1.82) is 0 Å². The van der Waals surface area contributed by atoms with Gasteiger partial charge in [0.2, 0.25) is 11.8 Å². The molecule has 342 valence electrons. The molecule has 7 nitrogen and oxygen atoms in total. The monoisotopic (exact) mass is 826 g/mol. The van der Waals surface area contributed by atoms with Gasteiger partial charge >= 0.3 is 5.97 Å². The highest BCUT2D eigenvalue weighted by Gasteiger charge is 2.51. The molecular formula is C52H95N3O4. The summed E-state index contributed by atoms with van der Waals surface area (Å²) in [6.07, 6.45) is 48.3. The van der Waals surface area contributed by atoms with Gasteiger partial charge < -0.3 is 19.9 Å². The van der Waals surface area contributed by atoms with Crippen molar-refractivity contribution in [1.82, 2.24) is 15.1 Å². The van der Waals surface area contributed by atoms with Gasteiger partial charge in [-0.25, -0.2) is 0 Å². The van der Waals surface area contributed by atoms with E-state index in [1.165, 1.54) is 148 Å². The number of allylic oxidation sites excluding steroid dienone is 4. The minimum absolute atomic E-state index is 0.00100. The average Bonchev–Trinajstić information content (AvgIpc) is 3.23. The maximum Gasteiger partial charge on any atom is 0.305 e. The van der Waals surface area contributed by atoms with Gasteiger partial charge in [0.1, 0.15) is 11.6 Å². The molecule has 59 heavy (non-hydrogen) atoms. The molecule has 0 spiro atoms. The van der Waals surface area contributed by atoms with Gasteiger partial charge in [0.05, 0.1) is 6.61 Å². The largest absolute Gasteiger partial charge is 0.466 e. The number of carbonyl (C=O) groups excluding carboxylic acids is 3. The standard InChI is InChI=1S/C52H95N3O4/c1-5-8-10-12-14-16-18-20-22-24-26-28-30-32-35-42-52(43-36-33-31-29-27-25-23-21-19-17-15-13-11-9-6-2)51(58)53-48(40-41-49(56)59-7-3)50(57)55(52)46-38-45-54-44-37-34-39-47(54)4/h20-23,47-48H,5-19,24-46H2,1-4H3,(H,53,58)/b22-20+,23-21+. The molecule has 0 aliphatic carbocycles. The van der Waals surface area contributed by atoms with Gasteiger partial charge in [0.25, 0.3) is 0 Å². The SMILES string of the molecule is CCCCCCCC/C=C/CCCCCCCC1(CCCCCCC/C=C/CCCCCCCC)C(=O)NC(CCC(=O)OCC)C(=O)N1CCCN1CCCCC1C. The summed E-state index contributed by atoms with van der Waals surface area (Å²) in [5, 5.41) is 3.17. The molecule has 2 atom stereocenters. The van der Waals surface area contributed by atoms with Crippen molar-refractivity contribution in [3.63, 3.8) is 0 Å². The van der Waals surface area contributed by atoms with Crippen molar-refractivity contribution in [2.75, 3.05) is 26.2 Å². The van der Waals surface area contributed by atoms with Crippen LogP contribution in [0.2, 0.25) is 0 Å². The first-order chi connectivity index (χ1) is 28.9. The summed E-state index contributed by atoms with van der Waals surface area (Å²) in [5.74, 6) is -0.303. The number of ether oxygens (including phenoxy) is 1. The fourth-order valence-electron chi connectivity index (χ4n) is 9.41. The predicted molar refractivity (Wildman–Crippen MR) is 251 cm³/mol. The lowest BCUT2D eigenvalue weighted by Gasteiger charge is -2.49. The van der Waals surface area contributed by atoms with E-state index < -0.39 is 11.6 Å². The van der Waals surface area contributed by atoms with Crippen LogP contribution in [-0.2, 0) is 19.1 Å². The van der Waals surface area contributed by atoms with Gasteiger partial charge in [-0.1, -0.05) is 160 Å². The molecule has 0 saturated carbocycles. The molecule has 1 N–H and O–H groups in total. The second-order valence-electron chi connectivity index (χ2n) is 18.3. The van der Waals surface area contributed by atoms with Crippen molar-refractivity contribution >= 4 is 17.8 Å². The van der Waals surface area contributed by atoms with Crippen molar-refractivity contribution in [2.24, 2.45) is 0 Å². The van der Waals surface area contributed by atoms with E-state index in [1.54, 1.807) is 6.92 Å². The zero-order valence-corrected chi connectivity index (χ0v) is 39.4. The molecule has 0 radical (unpaired) electrons. The summed E-state index contributed by atoms with van der Waals surface area (Å²) >= 11 is 0. The number of rotatable bonds is 38. The summed E-state index contributed by atoms with van der Waals surface area (Å²) in [7, 11) is 0. The first-order valence-electron chi connectivity index (χ1n) is 25.7. The van der Waals surface area contributed by atoms with E-state index in [2.05, 4.69) is 55.3 Å². The highest BCUT2D eigenvalue weighted by molar-refractivity contribution is 6.00. The van der Waals surface area contributed by atoms with E-state index >= 15 is 0 Å². The molecule has 2 rings (SSSR count).